The maximum atomic E-state index is 5.56. The lowest BCUT2D eigenvalue weighted by Gasteiger charge is -2.05. The molecule has 0 saturated heterocycles. The molecule has 0 amide bonds. The molecule has 13 heavy (non-hydrogen) atoms. The Labute approximate surface area is 83.5 Å². The Morgan fingerprint density at radius 2 is 2.00 bits per heavy atom. The predicted octanol–water partition coefficient (Wildman–Crippen LogP) is 3.33. The number of methoxy groups -OCH3 is 1. The fourth-order valence-corrected chi connectivity index (χ4v) is 1.77. The van der Waals surface area contributed by atoms with Gasteiger partial charge < -0.3 is 9.47 Å². The first-order valence-corrected chi connectivity index (χ1v) is 5.55. The predicted molar refractivity (Wildman–Crippen MR) is 55.9 cm³/mol. The number of rotatable bonds is 6. The van der Waals surface area contributed by atoms with E-state index < -0.39 is 0 Å². The molecule has 0 fully saturated rings. The zero-order valence-electron chi connectivity index (χ0n) is 8.21. The molecule has 1 aromatic rings. The van der Waals surface area contributed by atoms with Crippen molar-refractivity contribution in [3.63, 3.8) is 0 Å². The van der Waals surface area contributed by atoms with Crippen LogP contribution in [0.15, 0.2) is 10.8 Å². The molecule has 1 aromatic heterocycles. The summed E-state index contributed by atoms with van der Waals surface area (Å²) in [5.74, 6) is 1.73. The highest BCUT2D eigenvalue weighted by Gasteiger charge is 2.03. The van der Waals surface area contributed by atoms with Gasteiger partial charge in [-0.2, -0.15) is 0 Å². The van der Waals surface area contributed by atoms with Crippen LogP contribution in [0.2, 0.25) is 0 Å². The Kier molecular flexibility index (Phi) is 4.68. The number of thiophene rings is 1. The molecule has 1 heterocycles. The Hall–Kier alpha value is -0.700. The molecular weight excluding hydrogens is 184 g/mol. The molecule has 74 valence electrons. The van der Waals surface area contributed by atoms with Gasteiger partial charge in [-0.15, -0.1) is 11.3 Å². The maximum absolute atomic E-state index is 5.56. The molecule has 0 aliphatic heterocycles. The number of hydrogen-bond donors (Lipinski definition) is 0. The van der Waals surface area contributed by atoms with Crippen LogP contribution in [0.1, 0.15) is 26.2 Å². The first kappa shape index (κ1) is 10.4. The van der Waals surface area contributed by atoms with Crippen LogP contribution >= 0.6 is 11.3 Å². The van der Waals surface area contributed by atoms with Crippen molar-refractivity contribution in [1.82, 2.24) is 0 Å². The zero-order valence-corrected chi connectivity index (χ0v) is 9.02. The van der Waals surface area contributed by atoms with E-state index in [0.29, 0.717) is 0 Å². The van der Waals surface area contributed by atoms with Gasteiger partial charge in [0, 0.05) is 10.8 Å². The van der Waals surface area contributed by atoms with Gasteiger partial charge in [-0.05, 0) is 6.42 Å². The normalized spacial score (nSPS) is 10.0. The fourth-order valence-electron chi connectivity index (χ4n) is 1.06. The van der Waals surface area contributed by atoms with Crippen LogP contribution in [-0.4, -0.2) is 13.7 Å². The smallest absolute Gasteiger partial charge is 0.171 e. The lowest BCUT2D eigenvalue weighted by molar-refractivity contribution is 0.288. The third-order valence-corrected chi connectivity index (χ3v) is 2.52. The summed E-state index contributed by atoms with van der Waals surface area (Å²) in [5, 5.41) is 3.93. The Bertz CT molecular complexity index is 233. The minimum atomic E-state index is 0.793. The molecule has 0 radical (unpaired) electrons. The molecule has 2 nitrogen and oxygen atoms in total. The maximum Gasteiger partial charge on any atom is 0.171 e. The standard InChI is InChI=1S/C10H16O2S/c1-3-4-5-6-12-10-8-13-7-9(10)11-2/h7-8H,3-6H2,1-2H3. The molecule has 0 N–H and O–H groups in total. The summed E-state index contributed by atoms with van der Waals surface area (Å²) in [6.07, 6.45) is 3.58. The van der Waals surface area contributed by atoms with Gasteiger partial charge in [-0.3, -0.25) is 0 Å². The zero-order chi connectivity index (χ0) is 9.52. The molecule has 0 spiro atoms. The minimum Gasteiger partial charge on any atom is -0.492 e. The summed E-state index contributed by atoms with van der Waals surface area (Å²) < 4.78 is 10.7. The average Bonchev–Trinajstić information content (AvgIpc) is 2.60. The molecular formula is C10H16O2S. The molecule has 1 rings (SSSR count). The summed E-state index contributed by atoms with van der Waals surface area (Å²) in [6.45, 7) is 2.98. The highest BCUT2D eigenvalue weighted by molar-refractivity contribution is 7.08. The van der Waals surface area contributed by atoms with Gasteiger partial charge in [0.1, 0.15) is 0 Å². The van der Waals surface area contributed by atoms with Crippen LogP contribution in [0.5, 0.6) is 11.5 Å². The van der Waals surface area contributed by atoms with E-state index in [1.54, 1.807) is 18.4 Å². The second-order valence-electron chi connectivity index (χ2n) is 2.86. The molecule has 0 saturated carbocycles. The monoisotopic (exact) mass is 200 g/mol. The Morgan fingerprint density at radius 3 is 2.69 bits per heavy atom. The minimum absolute atomic E-state index is 0.793. The summed E-state index contributed by atoms with van der Waals surface area (Å²) in [4.78, 5) is 0. The van der Waals surface area contributed by atoms with E-state index in [9.17, 15) is 0 Å². The van der Waals surface area contributed by atoms with Gasteiger partial charge >= 0.3 is 0 Å². The van der Waals surface area contributed by atoms with Gasteiger partial charge in [-0.1, -0.05) is 19.8 Å². The van der Waals surface area contributed by atoms with E-state index in [4.69, 9.17) is 9.47 Å². The van der Waals surface area contributed by atoms with Crippen molar-refractivity contribution >= 4 is 11.3 Å². The molecule has 0 aromatic carbocycles. The Balaban J connectivity index is 2.27. The molecule has 0 unspecified atom stereocenters. The lowest BCUT2D eigenvalue weighted by atomic mass is 10.3. The lowest BCUT2D eigenvalue weighted by Crippen LogP contribution is -1.97. The number of ether oxygens (including phenoxy) is 2. The average molecular weight is 200 g/mol. The van der Waals surface area contributed by atoms with E-state index >= 15 is 0 Å². The third-order valence-electron chi connectivity index (χ3n) is 1.82. The molecule has 0 bridgehead atoms. The molecule has 0 atom stereocenters. The van der Waals surface area contributed by atoms with Crippen LogP contribution in [0.25, 0.3) is 0 Å². The van der Waals surface area contributed by atoms with E-state index in [1.165, 1.54) is 12.8 Å². The fraction of sp³-hybridized carbons (Fsp3) is 0.600. The highest BCUT2D eigenvalue weighted by Crippen LogP contribution is 2.31. The first-order valence-electron chi connectivity index (χ1n) is 4.61. The number of unbranched alkanes of at least 4 members (excludes halogenated alkanes) is 2. The summed E-state index contributed by atoms with van der Waals surface area (Å²) in [7, 11) is 1.67. The SMILES string of the molecule is CCCCCOc1cscc1OC. The highest BCUT2D eigenvalue weighted by atomic mass is 32.1. The Morgan fingerprint density at radius 1 is 1.23 bits per heavy atom. The van der Waals surface area contributed by atoms with Crippen LogP contribution in [0.4, 0.5) is 0 Å². The summed E-state index contributed by atoms with van der Waals surface area (Å²) >= 11 is 1.60. The van der Waals surface area contributed by atoms with Crippen LogP contribution in [-0.2, 0) is 0 Å². The van der Waals surface area contributed by atoms with Gasteiger partial charge in [0.25, 0.3) is 0 Å². The molecule has 3 heteroatoms. The number of hydrogen-bond acceptors (Lipinski definition) is 3. The van der Waals surface area contributed by atoms with Crippen molar-refractivity contribution < 1.29 is 9.47 Å². The van der Waals surface area contributed by atoms with E-state index in [1.807, 2.05) is 10.8 Å². The largest absolute Gasteiger partial charge is 0.492 e. The van der Waals surface area contributed by atoms with E-state index in [0.717, 1.165) is 24.5 Å². The van der Waals surface area contributed by atoms with E-state index in [2.05, 4.69) is 6.92 Å². The van der Waals surface area contributed by atoms with Gasteiger partial charge in [0.05, 0.1) is 13.7 Å². The molecule has 0 aliphatic carbocycles. The van der Waals surface area contributed by atoms with Crippen molar-refractivity contribution in [2.24, 2.45) is 0 Å². The van der Waals surface area contributed by atoms with Crippen molar-refractivity contribution in [2.45, 2.75) is 26.2 Å². The van der Waals surface area contributed by atoms with Crippen molar-refractivity contribution in [3.05, 3.63) is 10.8 Å². The molecule has 0 aliphatic rings. The van der Waals surface area contributed by atoms with Crippen LogP contribution < -0.4 is 9.47 Å². The second kappa shape index (κ2) is 5.86. The van der Waals surface area contributed by atoms with Crippen molar-refractivity contribution in [1.29, 1.82) is 0 Å². The van der Waals surface area contributed by atoms with Crippen LogP contribution in [0.3, 0.4) is 0 Å². The second-order valence-corrected chi connectivity index (χ2v) is 3.60. The quantitative estimate of drug-likeness (QED) is 0.656. The van der Waals surface area contributed by atoms with Crippen molar-refractivity contribution in [3.8, 4) is 11.5 Å². The van der Waals surface area contributed by atoms with E-state index in [-0.39, 0.29) is 0 Å². The topological polar surface area (TPSA) is 18.5 Å². The van der Waals surface area contributed by atoms with Crippen molar-refractivity contribution in [2.75, 3.05) is 13.7 Å². The van der Waals surface area contributed by atoms with Gasteiger partial charge in [-0.25, -0.2) is 0 Å². The van der Waals surface area contributed by atoms with Gasteiger partial charge in [0.2, 0.25) is 0 Å². The van der Waals surface area contributed by atoms with Crippen LogP contribution in [0, 0.1) is 0 Å². The summed E-state index contributed by atoms with van der Waals surface area (Å²) in [6, 6.07) is 0. The first-order chi connectivity index (χ1) is 6.38. The van der Waals surface area contributed by atoms with Gasteiger partial charge in [0.15, 0.2) is 11.5 Å². The third kappa shape index (κ3) is 3.27. The summed E-state index contributed by atoms with van der Waals surface area (Å²) in [5.41, 5.74) is 0.